The molecule has 1 aliphatic rings. The molecule has 0 aromatic heterocycles. The minimum absolute atomic E-state index is 0.0587. The van der Waals surface area contributed by atoms with E-state index in [2.05, 4.69) is 23.5 Å². The molecule has 94 valence electrons. The van der Waals surface area contributed by atoms with Gasteiger partial charge >= 0.3 is 0 Å². The van der Waals surface area contributed by atoms with Gasteiger partial charge in [-0.05, 0) is 30.2 Å². The summed E-state index contributed by atoms with van der Waals surface area (Å²) >= 11 is 0. The first-order chi connectivity index (χ1) is 8.29. The zero-order valence-corrected chi connectivity index (χ0v) is 10.1. The topological polar surface area (TPSA) is 73.3 Å². The zero-order valence-electron chi connectivity index (χ0n) is 10.1. The van der Waals surface area contributed by atoms with Crippen LogP contribution in [0.2, 0.25) is 0 Å². The summed E-state index contributed by atoms with van der Waals surface area (Å²) < 4.78 is 5.48. The minimum Gasteiger partial charge on any atom is -0.493 e. The normalized spacial score (nSPS) is 15.4. The van der Waals surface area contributed by atoms with Crippen molar-refractivity contribution >= 4 is 0 Å². The van der Waals surface area contributed by atoms with E-state index in [-0.39, 0.29) is 6.04 Å². The van der Waals surface area contributed by atoms with Crippen molar-refractivity contribution < 1.29 is 4.74 Å². The molecule has 4 heteroatoms. The van der Waals surface area contributed by atoms with Crippen molar-refractivity contribution in [3.63, 3.8) is 0 Å². The highest BCUT2D eigenvalue weighted by molar-refractivity contribution is 5.39. The molecule has 1 unspecified atom stereocenters. The number of nitrogens with two attached hydrogens (primary N) is 2. The van der Waals surface area contributed by atoms with Crippen molar-refractivity contribution in [3.05, 3.63) is 29.3 Å². The molecule has 0 bridgehead atoms. The van der Waals surface area contributed by atoms with Crippen LogP contribution in [-0.4, -0.2) is 32.3 Å². The van der Waals surface area contributed by atoms with E-state index in [9.17, 15) is 0 Å². The molecule has 4 nitrogen and oxygen atoms in total. The lowest BCUT2D eigenvalue weighted by Gasteiger charge is -2.10. The Hall–Kier alpha value is -1.10. The van der Waals surface area contributed by atoms with Gasteiger partial charge in [0.1, 0.15) is 5.75 Å². The van der Waals surface area contributed by atoms with E-state index in [1.807, 2.05) is 0 Å². The molecule has 1 aromatic carbocycles. The second kappa shape index (κ2) is 6.00. The Morgan fingerprint density at radius 2 is 2.29 bits per heavy atom. The van der Waals surface area contributed by atoms with Crippen LogP contribution in [0.25, 0.3) is 0 Å². The van der Waals surface area contributed by atoms with E-state index >= 15 is 0 Å². The van der Waals surface area contributed by atoms with Crippen LogP contribution >= 0.6 is 0 Å². The number of rotatable bonds is 6. The first kappa shape index (κ1) is 12.4. The van der Waals surface area contributed by atoms with Gasteiger partial charge in [-0.25, -0.2) is 0 Å². The van der Waals surface area contributed by atoms with Gasteiger partial charge in [-0.3, -0.25) is 0 Å². The summed E-state index contributed by atoms with van der Waals surface area (Å²) in [6, 6.07) is 6.51. The number of nitrogens with one attached hydrogen (secondary N) is 1. The molecule has 17 heavy (non-hydrogen) atoms. The highest BCUT2D eigenvalue weighted by Gasteiger charge is 2.11. The Balaban J connectivity index is 1.76. The molecule has 1 atom stereocenters. The predicted molar refractivity (Wildman–Crippen MR) is 69.2 cm³/mol. The second-order valence-corrected chi connectivity index (χ2v) is 4.49. The summed E-state index contributed by atoms with van der Waals surface area (Å²) in [6.07, 6.45) is 2.05. The fourth-order valence-electron chi connectivity index (χ4n) is 2.00. The Morgan fingerprint density at radius 1 is 1.41 bits per heavy atom. The van der Waals surface area contributed by atoms with Crippen molar-refractivity contribution in [1.82, 2.24) is 5.32 Å². The quantitative estimate of drug-likeness (QED) is 0.609. The fourth-order valence-corrected chi connectivity index (χ4v) is 2.00. The Labute approximate surface area is 102 Å². The second-order valence-electron chi connectivity index (χ2n) is 4.49. The first-order valence-electron chi connectivity index (χ1n) is 6.20. The van der Waals surface area contributed by atoms with Crippen molar-refractivity contribution in [3.8, 4) is 5.75 Å². The maximum Gasteiger partial charge on any atom is 0.122 e. The van der Waals surface area contributed by atoms with Crippen LogP contribution in [0.15, 0.2) is 18.2 Å². The third kappa shape index (κ3) is 3.43. The van der Waals surface area contributed by atoms with Crippen LogP contribution in [0, 0.1) is 0 Å². The van der Waals surface area contributed by atoms with Gasteiger partial charge in [-0.15, -0.1) is 0 Å². The molecule has 1 aromatic rings. The Kier molecular flexibility index (Phi) is 4.36. The monoisotopic (exact) mass is 235 g/mol. The van der Waals surface area contributed by atoms with Crippen LogP contribution in [0.1, 0.15) is 11.1 Å². The Morgan fingerprint density at radius 3 is 3.12 bits per heavy atom. The first-order valence-corrected chi connectivity index (χ1v) is 6.20. The summed E-state index contributed by atoms with van der Waals surface area (Å²) in [6.45, 7) is 3.07. The third-order valence-electron chi connectivity index (χ3n) is 3.05. The summed E-state index contributed by atoms with van der Waals surface area (Å²) in [5, 5.41) is 3.32. The van der Waals surface area contributed by atoms with E-state index in [0.29, 0.717) is 6.54 Å². The maximum absolute atomic E-state index is 5.72. The van der Waals surface area contributed by atoms with Gasteiger partial charge in [0.2, 0.25) is 0 Å². The molecular formula is C13H21N3O. The molecule has 1 aliphatic heterocycles. The molecule has 0 saturated heterocycles. The van der Waals surface area contributed by atoms with Gasteiger partial charge in [0.05, 0.1) is 6.61 Å². The molecule has 0 spiro atoms. The van der Waals surface area contributed by atoms with E-state index in [1.165, 1.54) is 11.1 Å². The molecule has 0 fully saturated rings. The SMILES string of the molecule is NCC(N)CNCCc1ccc2c(c1)CCO2. The summed E-state index contributed by atoms with van der Waals surface area (Å²) in [7, 11) is 0. The summed E-state index contributed by atoms with van der Waals surface area (Å²) in [5.74, 6) is 1.05. The lowest BCUT2D eigenvalue weighted by atomic mass is 10.1. The highest BCUT2D eigenvalue weighted by Crippen LogP contribution is 2.25. The van der Waals surface area contributed by atoms with Crippen LogP contribution in [0.3, 0.4) is 0 Å². The Bertz CT molecular complexity index is 368. The molecular weight excluding hydrogens is 214 g/mol. The van der Waals surface area contributed by atoms with Crippen LogP contribution in [0.5, 0.6) is 5.75 Å². The van der Waals surface area contributed by atoms with E-state index < -0.39 is 0 Å². The minimum atomic E-state index is 0.0587. The van der Waals surface area contributed by atoms with Crippen LogP contribution in [-0.2, 0) is 12.8 Å². The predicted octanol–water partition coefficient (Wildman–Crippen LogP) is 0.0396. The molecule has 0 radical (unpaired) electrons. The molecule has 0 amide bonds. The van der Waals surface area contributed by atoms with E-state index in [4.69, 9.17) is 16.2 Å². The number of benzene rings is 1. The summed E-state index contributed by atoms with van der Waals surface area (Å²) in [5.41, 5.74) is 13.9. The van der Waals surface area contributed by atoms with Gasteiger partial charge in [0.25, 0.3) is 0 Å². The number of fused-ring (bicyclic) bond motifs is 1. The highest BCUT2D eigenvalue weighted by atomic mass is 16.5. The maximum atomic E-state index is 5.72. The standard InChI is InChI=1S/C13H21N3O/c14-8-12(15)9-16-5-3-10-1-2-13-11(7-10)4-6-17-13/h1-2,7,12,16H,3-6,8-9,14-15H2. The van der Waals surface area contributed by atoms with Gasteiger partial charge < -0.3 is 21.5 Å². The van der Waals surface area contributed by atoms with E-state index in [0.717, 1.165) is 38.3 Å². The molecule has 0 saturated carbocycles. The van der Waals surface area contributed by atoms with Crippen molar-refractivity contribution in [1.29, 1.82) is 0 Å². The zero-order chi connectivity index (χ0) is 12.1. The van der Waals surface area contributed by atoms with Crippen LogP contribution < -0.4 is 21.5 Å². The molecule has 5 N–H and O–H groups in total. The number of ether oxygens (including phenoxy) is 1. The fraction of sp³-hybridized carbons (Fsp3) is 0.538. The average Bonchev–Trinajstić information content (AvgIpc) is 2.81. The van der Waals surface area contributed by atoms with Gasteiger partial charge in [-0.2, -0.15) is 0 Å². The van der Waals surface area contributed by atoms with E-state index in [1.54, 1.807) is 0 Å². The van der Waals surface area contributed by atoms with Crippen molar-refractivity contribution in [2.24, 2.45) is 11.5 Å². The smallest absolute Gasteiger partial charge is 0.122 e. The molecule has 1 heterocycles. The molecule has 2 rings (SSSR count). The van der Waals surface area contributed by atoms with Crippen molar-refractivity contribution in [2.45, 2.75) is 18.9 Å². The third-order valence-corrected chi connectivity index (χ3v) is 3.05. The summed E-state index contributed by atoms with van der Waals surface area (Å²) in [4.78, 5) is 0. The average molecular weight is 235 g/mol. The van der Waals surface area contributed by atoms with Gasteiger partial charge in [0, 0.05) is 25.6 Å². The number of hydrogen-bond acceptors (Lipinski definition) is 4. The largest absolute Gasteiger partial charge is 0.493 e. The lowest BCUT2D eigenvalue weighted by molar-refractivity contribution is 0.357. The van der Waals surface area contributed by atoms with Crippen LogP contribution in [0.4, 0.5) is 0 Å². The van der Waals surface area contributed by atoms with Gasteiger partial charge in [0.15, 0.2) is 0 Å². The van der Waals surface area contributed by atoms with Gasteiger partial charge in [-0.1, -0.05) is 12.1 Å². The molecule has 0 aliphatic carbocycles. The van der Waals surface area contributed by atoms with Crippen molar-refractivity contribution in [2.75, 3.05) is 26.2 Å². The number of hydrogen-bond donors (Lipinski definition) is 3. The lowest BCUT2D eigenvalue weighted by Crippen LogP contribution is -2.40.